The zero-order valence-corrected chi connectivity index (χ0v) is 27.2. The van der Waals surface area contributed by atoms with Crippen LogP contribution >= 0.6 is 11.6 Å². The Balaban J connectivity index is 1.14. The number of anilines is 2. The molecular weight excluding hydrogens is 626 g/mol. The summed E-state index contributed by atoms with van der Waals surface area (Å²) in [5.74, 6) is -1.52. The molecule has 9 nitrogen and oxygen atoms in total. The minimum absolute atomic E-state index is 0.0779. The number of hydrogen-bond acceptors (Lipinski definition) is 6. The number of carbonyl (C=O) groups excluding carboxylic acids is 2. The first-order chi connectivity index (χ1) is 23.3. The number of aryl methyl sites for hydroxylation is 1. The average molecular weight is 662 g/mol. The van der Waals surface area contributed by atoms with Crippen molar-refractivity contribution in [1.82, 2.24) is 15.0 Å². The van der Waals surface area contributed by atoms with Gasteiger partial charge in [-0.1, -0.05) is 96.6 Å². The van der Waals surface area contributed by atoms with Crippen molar-refractivity contribution in [3.05, 3.63) is 154 Å². The van der Waals surface area contributed by atoms with Gasteiger partial charge in [-0.3, -0.25) is 14.3 Å². The van der Waals surface area contributed by atoms with E-state index in [0.717, 1.165) is 11.1 Å². The van der Waals surface area contributed by atoms with Crippen LogP contribution in [0.15, 0.2) is 121 Å². The molecule has 2 heterocycles. The molecule has 6 rings (SSSR count). The van der Waals surface area contributed by atoms with Gasteiger partial charge in [0.25, 0.3) is 11.8 Å². The first kappa shape index (κ1) is 32.8. The summed E-state index contributed by atoms with van der Waals surface area (Å²) in [4.78, 5) is 28.3. The van der Waals surface area contributed by atoms with Crippen LogP contribution in [0.5, 0.6) is 0 Å². The molecule has 0 saturated carbocycles. The third-order valence-corrected chi connectivity index (χ3v) is 8.93. The van der Waals surface area contributed by atoms with Crippen molar-refractivity contribution in [2.45, 2.75) is 38.0 Å². The Morgan fingerprint density at radius 3 is 2.50 bits per heavy atom. The predicted octanol–water partition coefficient (Wildman–Crippen LogP) is 6.33. The molecule has 0 fully saturated rings. The first-order valence-electron chi connectivity index (χ1n) is 15.8. The molecule has 1 aromatic heterocycles. The van der Waals surface area contributed by atoms with E-state index in [0.29, 0.717) is 46.2 Å². The van der Waals surface area contributed by atoms with Crippen molar-refractivity contribution >= 4 is 34.8 Å². The number of benzene rings is 4. The number of fused-ring (bicyclic) bond motifs is 1. The summed E-state index contributed by atoms with van der Waals surface area (Å²) in [5, 5.41) is 33.9. The molecule has 5 aromatic rings. The van der Waals surface area contributed by atoms with Gasteiger partial charge < -0.3 is 20.4 Å². The smallest absolute Gasteiger partial charge is 0.264 e. The Kier molecular flexibility index (Phi) is 9.82. The van der Waals surface area contributed by atoms with E-state index in [9.17, 15) is 19.8 Å². The summed E-state index contributed by atoms with van der Waals surface area (Å²) >= 11 is 6.37. The molecule has 3 N–H and O–H groups in total. The summed E-state index contributed by atoms with van der Waals surface area (Å²) in [6.07, 6.45) is 6.17. The van der Waals surface area contributed by atoms with Crippen molar-refractivity contribution in [1.29, 1.82) is 0 Å². The third-order valence-electron chi connectivity index (χ3n) is 8.70. The topological polar surface area (TPSA) is 121 Å². The maximum absolute atomic E-state index is 14.0. The number of allylic oxidation sites excluding steroid dienone is 1. The largest absolute Gasteiger partial charge is 0.395 e. The summed E-state index contributed by atoms with van der Waals surface area (Å²) < 4.78 is 1.72. The van der Waals surface area contributed by atoms with E-state index in [1.165, 1.54) is 0 Å². The molecular formula is C38H36ClN5O4. The number of nitrogens with one attached hydrogen (secondary N) is 1. The molecule has 1 unspecified atom stereocenters. The third kappa shape index (κ3) is 6.80. The van der Waals surface area contributed by atoms with Gasteiger partial charge >= 0.3 is 0 Å². The van der Waals surface area contributed by atoms with Crippen molar-refractivity contribution in [2.24, 2.45) is 5.92 Å². The highest BCUT2D eigenvalue weighted by molar-refractivity contribution is 6.31. The molecule has 10 heteroatoms. The zero-order chi connectivity index (χ0) is 33.7. The van der Waals surface area contributed by atoms with Crippen molar-refractivity contribution < 1.29 is 19.8 Å². The monoisotopic (exact) mass is 661 g/mol. The molecule has 0 radical (unpaired) electrons. The predicted molar refractivity (Wildman–Crippen MR) is 186 cm³/mol. The highest BCUT2D eigenvalue weighted by Crippen LogP contribution is 2.46. The Bertz CT molecular complexity index is 1930. The normalized spacial score (nSPS) is 17.0. The van der Waals surface area contributed by atoms with Gasteiger partial charge in [-0.15, -0.1) is 5.10 Å². The second-order valence-electron chi connectivity index (χ2n) is 11.9. The molecule has 244 valence electrons. The number of nitrogens with zero attached hydrogens (tertiary/aromatic N) is 4. The second-order valence-corrected chi connectivity index (χ2v) is 12.3. The molecule has 0 spiro atoms. The standard InChI is InChI=1S/C38H36ClN5O4/c1-26(11-8-9-20-43-24-34(41-42-43)32(25-45)28-13-4-2-5-14-28)38(48)33-22-30(39)18-19-35(33)44(37(38)47)23-27-12-10-17-31(21-27)40-36(46)29-15-6-3-7-16-29/h2-8,10-19,21-22,24,26,32,45,48H,9,20,23,25H2,1H3,(H,40,46)/b11-8+/t26-,32?,38+/m1/s1. The highest BCUT2D eigenvalue weighted by Gasteiger charge is 2.52. The van der Waals surface area contributed by atoms with E-state index in [1.807, 2.05) is 79.9 Å². The van der Waals surface area contributed by atoms with Crippen LogP contribution in [0.2, 0.25) is 5.02 Å². The highest BCUT2D eigenvalue weighted by atomic mass is 35.5. The van der Waals surface area contributed by atoms with Crippen LogP contribution in [0.4, 0.5) is 11.4 Å². The number of carbonyl (C=O) groups is 2. The summed E-state index contributed by atoms with van der Waals surface area (Å²) in [6.45, 7) is 2.45. The Morgan fingerprint density at radius 1 is 1.00 bits per heavy atom. The van der Waals surface area contributed by atoms with Crippen molar-refractivity contribution in [3.63, 3.8) is 0 Å². The number of hydrogen-bond donors (Lipinski definition) is 3. The van der Waals surface area contributed by atoms with Gasteiger partial charge in [0.2, 0.25) is 0 Å². The summed E-state index contributed by atoms with van der Waals surface area (Å²) in [6, 6.07) is 31.0. The Hall–Kier alpha value is -5.09. The average Bonchev–Trinajstić information content (AvgIpc) is 3.65. The maximum atomic E-state index is 14.0. The second kappa shape index (κ2) is 14.4. The van der Waals surface area contributed by atoms with Crippen LogP contribution in [0.1, 0.15) is 52.0 Å². The zero-order valence-electron chi connectivity index (χ0n) is 26.4. The van der Waals surface area contributed by atoms with E-state index in [4.69, 9.17) is 11.6 Å². The fourth-order valence-corrected chi connectivity index (χ4v) is 6.25. The lowest BCUT2D eigenvalue weighted by Crippen LogP contribution is -2.44. The number of aromatic nitrogens is 3. The minimum Gasteiger partial charge on any atom is -0.395 e. The van der Waals surface area contributed by atoms with Crippen LogP contribution in [-0.2, 0) is 23.5 Å². The van der Waals surface area contributed by atoms with E-state index in [2.05, 4.69) is 15.6 Å². The van der Waals surface area contributed by atoms with Crippen LogP contribution in [0.25, 0.3) is 0 Å². The van der Waals surface area contributed by atoms with E-state index >= 15 is 0 Å². The lowest BCUT2D eigenvalue weighted by Gasteiger charge is -2.27. The fraction of sp³-hybridized carbons (Fsp3) is 0.211. The number of amides is 2. The molecule has 0 bridgehead atoms. The molecule has 0 aliphatic carbocycles. The van der Waals surface area contributed by atoms with Gasteiger partial charge in [-0.05, 0) is 60.0 Å². The number of rotatable bonds is 12. The lowest BCUT2D eigenvalue weighted by atomic mass is 9.83. The van der Waals surface area contributed by atoms with Gasteiger partial charge in [-0.2, -0.15) is 0 Å². The van der Waals surface area contributed by atoms with Crippen LogP contribution < -0.4 is 10.2 Å². The Morgan fingerprint density at radius 2 is 1.75 bits per heavy atom. The molecule has 1 aliphatic rings. The molecule has 4 aromatic carbocycles. The quantitative estimate of drug-likeness (QED) is 0.135. The molecule has 3 atom stereocenters. The Labute approximate surface area is 284 Å². The van der Waals surface area contributed by atoms with E-state index in [1.54, 1.807) is 58.1 Å². The lowest BCUT2D eigenvalue weighted by molar-refractivity contribution is -0.139. The summed E-state index contributed by atoms with van der Waals surface area (Å²) in [7, 11) is 0. The van der Waals surface area contributed by atoms with Crippen molar-refractivity contribution in [3.8, 4) is 0 Å². The molecule has 0 saturated heterocycles. The first-order valence-corrected chi connectivity index (χ1v) is 16.2. The van der Waals surface area contributed by atoms with Crippen molar-refractivity contribution in [2.75, 3.05) is 16.8 Å². The number of aliphatic hydroxyl groups excluding tert-OH is 1. The summed E-state index contributed by atoms with van der Waals surface area (Å²) in [5.41, 5.74) is 2.77. The van der Waals surface area contributed by atoms with E-state index < -0.39 is 17.4 Å². The van der Waals surface area contributed by atoms with Crippen LogP contribution in [-0.4, -0.2) is 43.6 Å². The molecule has 48 heavy (non-hydrogen) atoms. The number of aliphatic hydroxyl groups is 2. The fourth-order valence-electron chi connectivity index (χ4n) is 6.08. The van der Waals surface area contributed by atoms with Gasteiger partial charge in [0.15, 0.2) is 5.60 Å². The van der Waals surface area contributed by atoms with Crippen LogP contribution in [0.3, 0.4) is 0 Å². The maximum Gasteiger partial charge on any atom is 0.264 e. The van der Waals surface area contributed by atoms with Gasteiger partial charge in [0.1, 0.15) is 0 Å². The van der Waals surface area contributed by atoms with Gasteiger partial charge in [0, 0.05) is 40.5 Å². The van der Waals surface area contributed by atoms with Gasteiger partial charge in [0.05, 0.1) is 30.5 Å². The van der Waals surface area contributed by atoms with E-state index in [-0.39, 0.29) is 25.0 Å². The minimum atomic E-state index is -1.83. The van der Waals surface area contributed by atoms with Gasteiger partial charge in [-0.25, -0.2) is 0 Å². The molecule has 1 aliphatic heterocycles. The molecule has 2 amide bonds. The SMILES string of the molecule is C[C@H](/C=C/CCn1cc(C(CO)c2ccccc2)nn1)[C@@]1(O)C(=O)N(Cc2cccc(NC(=O)c3ccccc3)c2)c2ccc(Cl)cc21. The number of halogens is 1. The van der Waals surface area contributed by atoms with Crippen LogP contribution in [0, 0.1) is 5.92 Å².